The van der Waals surface area contributed by atoms with Crippen LogP contribution in [0.15, 0.2) is 28.7 Å². The molecule has 0 fully saturated rings. The first kappa shape index (κ1) is 15.2. The van der Waals surface area contributed by atoms with Gasteiger partial charge in [0.2, 0.25) is 5.91 Å². The number of carbonyl (C=O) groups is 2. The Morgan fingerprint density at radius 3 is 2.79 bits per heavy atom. The topological polar surface area (TPSA) is 89.6 Å². The number of carboxylic acids is 1. The van der Waals surface area contributed by atoms with Gasteiger partial charge in [-0.2, -0.15) is 0 Å². The monoisotopic (exact) mass is 327 g/mol. The van der Waals surface area contributed by atoms with Crippen LogP contribution in [0.5, 0.6) is 5.75 Å². The highest BCUT2D eigenvalue weighted by Crippen LogP contribution is 2.24. The molecule has 1 atom stereocenters. The van der Waals surface area contributed by atoms with Gasteiger partial charge in [-0.25, -0.2) is 4.79 Å². The second-order valence-electron chi connectivity index (χ2n) is 3.97. The highest BCUT2D eigenvalue weighted by atomic mass is 79.9. The molecule has 6 heteroatoms. The lowest BCUT2D eigenvalue weighted by atomic mass is 10.2. The molecule has 19 heavy (non-hydrogen) atoms. The minimum absolute atomic E-state index is 0.180. The summed E-state index contributed by atoms with van der Waals surface area (Å²) < 4.78 is 6.18. The Hall–Kier alpha value is -1.82. The third-order valence-electron chi connectivity index (χ3n) is 2.36. The van der Waals surface area contributed by atoms with Gasteiger partial charge >= 0.3 is 5.97 Å². The number of ether oxygens (including phenoxy) is 1. The fraction of sp³-hybridized carbons (Fsp3) is 0.231. The number of carboxylic acid groups (broad SMARTS) is 1. The van der Waals surface area contributed by atoms with Crippen molar-refractivity contribution in [2.24, 2.45) is 11.7 Å². The number of primary amides is 1. The first-order valence-corrected chi connectivity index (χ1v) is 6.32. The van der Waals surface area contributed by atoms with Crippen molar-refractivity contribution in [3.63, 3.8) is 0 Å². The standard InChI is InChI=1S/C13H14BrNO4/c1-8(13(15)18)7-19-10-3-4-11(14)9(6-10)2-5-12(16)17/h2-6,8H,7H2,1H3,(H2,15,18)(H,16,17)/b5-2+. The van der Waals surface area contributed by atoms with Crippen molar-refractivity contribution in [2.45, 2.75) is 6.92 Å². The van der Waals surface area contributed by atoms with Crippen molar-refractivity contribution in [1.82, 2.24) is 0 Å². The van der Waals surface area contributed by atoms with E-state index in [9.17, 15) is 9.59 Å². The van der Waals surface area contributed by atoms with E-state index in [1.807, 2.05) is 0 Å². The molecule has 0 aliphatic carbocycles. The van der Waals surface area contributed by atoms with Gasteiger partial charge in [0.15, 0.2) is 0 Å². The van der Waals surface area contributed by atoms with Gasteiger partial charge in [0.25, 0.3) is 0 Å². The molecular weight excluding hydrogens is 314 g/mol. The van der Waals surface area contributed by atoms with Crippen molar-refractivity contribution in [3.8, 4) is 5.75 Å². The van der Waals surface area contributed by atoms with Gasteiger partial charge in [0.1, 0.15) is 5.75 Å². The Balaban J connectivity index is 2.78. The predicted octanol–water partition coefficient (Wildman–Crippen LogP) is 2.05. The number of benzene rings is 1. The number of carbonyl (C=O) groups excluding carboxylic acids is 1. The van der Waals surface area contributed by atoms with E-state index in [2.05, 4.69) is 15.9 Å². The van der Waals surface area contributed by atoms with E-state index in [0.29, 0.717) is 11.3 Å². The van der Waals surface area contributed by atoms with Gasteiger partial charge in [0.05, 0.1) is 12.5 Å². The van der Waals surface area contributed by atoms with Crippen molar-refractivity contribution in [2.75, 3.05) is 6.61 Å². The summed E-state index contributed by atoms with van der Waals surface area (Å²) in [6.07, 6.45) is 2.49. The lowest BCUT2D eigenvalue weighted by Gasteiger charge is -2.11. The smallest absolute Gasteiger partial charge is 0.328 e. The SMILES string of the molecule is CC(COc1ccc(Br)c(/C=C/C(=O)O)c1)C(N)=O. The summed E-state index contributed by atoms with van der Waals surface area (Å²) in [7, 11) is 0. The maximum atomic E-state index is 10.9. The summed E-state index contributed by atoms with van der Waals surface area (Å²) in [5.41, 5.74) is 5.81. The van der Waals surface area contributed by atoms with Crippen LogP contribution in [0.25, 0.3) is 6.08 Å². The molecule has 1 aromatic carbocycles. The van der Waals surface area contributed by atoms with Crippen LogP contribution in [0.3, 0.4) is 0 Å². The maximum Gasteiger partial charge on any atom is 0.328 e. The predicted molar refractivity (Wildman–Crippen MR) is 74.7 cm³/mol. The maximum absolute atomic E-state index is 10.9. The molecule has 1 amide bonds. The van der Waals surface area contributed by atoms with Gasteiger partial charge in [0, 0.05) is 10.5 Å². The van der Waals surface area contributed by atoms with Crippen molar-refractivity contribution >= 4 is 33.9 Å². The van der Waals surface area contributed by atoms with Crippen LogP contribution in [0.2, 0.25) is 0 Å². The molecule has 0 saturated carbocycles. The van der Waals surface area contributed by atoms with Crippen LogP contribution >= 0.6 is 15.9 Å². The van der Waals surface area contributed by atoms with Crippen molar-refractivity contribution in [1.29, 1.82) is 0 Å². The Labute approximate surface area is 119 Å². The van der Waals surface area contributed by atoms with Crippen LogP contribution in [-0.4, -0.2) is 23.6 Å². The molecule has 0 aromatic heterocycles. The quantitative estimate of drug-likeness (QED) is 0.782. The third-order valence-corrected chi connectivity index (χ3v) is 3.08. The van der Waals surface area contributed by atoms with E-state index in [4.69, 9.17) is 15.6 Å². The van der Waals surface area contributed by atoms with Crippen LogP contribution in [0.1, 0.15) is 12.5 Å². The summed E-state index contributed by atoms with van der Waals surface area (Å²) >= 11 is 3.31. The van der Waals surface area contributed by atoms with Gasteiger partial charge in [-0.3, -0.25) is 4.79 Å². The fourth-order valence-corrected chi connectivity index (χ4v) is 1.58. The Kier molecular flexibility index (Phi) is 5.57. The number of amides is 1. The Bertz CT molecular complexity index is 513. The molecular formula is C13H14BrNO4. The van der Waals surface area contributed by atoms with Crippen LogP contribution in [0.4, 0.5) is 0 Å². The average molecular weight is 328 g/mol. The number of halogens is 1. The first-order chi connectivity index (χ1) is 8.90. The molecule has 0 aliphatic rings. The van der Waals surface area contributed by atoms with Gasteiger partial charge in [-0.15, -0.1) is 0 Å². The molecule has 102 valence electrons. The number of hydrogen-bond donors (Lipinski definition) is 2. The summed E-state index contributed by atoms with van der Waals surface area (Å²) in [6.45, 7) is 1.85. The second kappa shape index (κ2) is 6.94. The molecule has 3 N–H and O–H groups in total. The van der Waals surface area contributed by atoms with Crippen molar-refractivity contribution in [3.05, 3.63) is 34.3 Å². The normalized spacial score (nSPS) is 12.3. The summed E-state index contributed by atoms with van der Waals surface area (Å²) in [5.74, 6) is -1.30. The highest BCUT2D eigenvalue weighted by Gasteiger charge is 2.09. The largest absolute Gasteiger partial charge is 0.493 e. The lowest BCUT2D eigenvalue weighted by molar-refractivity contribution is -0.131. The minimum atomic E-state index is -1.03. The summed E-state index contributed by atoms with van der Waals surface area (Å²) in [6, 6.07) is 5.14. The van der Waals surface area contributed by atoms with E-state index in [0.717, 1.165) is 10.5 Å². The molecule has 0 bridgehead atoms. The van der Waals surface area contributed by atoms with Crippen LogP contribution in [-0.2, 0) is 9.59 Å². The summed E-state index contributed by atoms with van der Waals surface area (Å²) in [5, 5.41) is 8.59. The van der Waals surface area contributed by atoms with E-state index in [1.54, 1.807) is 25.1 Å². The molecule has 1 aromatic rings. The number of rotatable bonds is 6. The van der Waals surface area contributed by atoms with E-state index >= 15 is 0 Å². The highest BCUT2D eigenvalue weighted by molar-refractivity contribution is 9.10. The zero-order valence-corrected chi connectivity index (χ0v) is 11.9. The lowest BCUT2D eigenvalue weighted by Crippen LogP contribution is -2.25. The van der Waals surface area contributed by atoms with E-state index < -0.39 is 11.9 Å². The van der Waals surface area contributed by atoms with Gasteiger partial charge in [-0.05, 0) is 29.8 Å². The minimum Gasteiger partial charge on any atom is -0.493 e. The van der Waals surface area contributed by atoms with E-state index in [1.165, 1.54) is 6.08 Å². The van der Waals surface area contributed by atoms with Crippen molar-refractivity contribution < 1.29 is 19.4 Å². The second-order valence-corrected chi connectivity index (χ2v) is 4.82. The summed E-state index contributed by atoms with van der Waals surface area (Å²) in [4.78, 5) is 21.4. The molecule has 1 unspecified atom stereocenters. The van der Waals surface area contributed by atoms with Crippen LogP contribution < -0.4 is 10.5 Å². The molecule has 0 aliphatic heterocycles. The molecule has 0 saturated heterocycles. The molecule has 1 rings (SSSR count). The Morgan fingerprint density at radius 1 is 1.53 bits per heavy atom. The Morgan fingerprint density at radius 2 is 2.21 bits per heavy atom. The molecule has 0 heterocycles. The zero-order valence-electron chi connectivity index (χ0n) is 10.3. The van der Waals surface area contributed by atoms with E-state index in [-0.39, 0.29) is 12.5 Å². The molecule has 5 nitrogen and oxygen atoms in total. The molecule has 0 spiro atoms. The number of aliphatic carboxylic acids is 1. The third kappa shape index (κ3) is 5.13. The zero-order chi connectivity index (χ0) is 14.4. The average Bonchev–Trinajstić information content (AvgIpc) is 2.35. The van der Waals surface area contributed by atoms with Crippen LogP contribution in [0, 0.1) is 5.92 Å². The fourth-order valence-electron chi connectivity index (χ4n) is 1.20. The molecule has 0 radical (unpaired) electrons. The van der Waals surface area contributed by atoms with Gasteiger partial charge in [-0.1, -0.05) is 22.9 Å². The number of nitrogens with two attached hydrogens (primary N) is 1. The van der Waals surface area contributed by atoms with Gasteiger partial charge < -0.3 is 15.6 Å². The number of hydrogen-bond acceptors (Lipinski definition) is 3. The first-order valence-electron chi connectivity index (χ1n) is 5.53.